The molecule has 71 heavy (non-hydrogen) atoms. The topological polar surface area (TPSA) is 149 Å². The molecule has 0 aromatic carbocycles. The van der Waals surface area contributed by atoms with Crippen LogP contribution < -0.4 is 5.32 Å². The minimum atomic E-state index is -1.55. The zero-order valence-electron chi connectivity index (χ0n) is 47.3. The largest absolute Gasteiger partial charge is 0.394 e. The number of nitrogens with one attached hydrogen (secondary N) is 1. The fourth-order valence-electron chi connectivity index (χ4n) is 10.7. The predicted octanol–water partition coefficient (Wildman–Crippen LogP) is 16.2. The Morgan fingerprint density at radius 2 is 0.704 bits per heavy atom. The third kappa shape index (κ3) is 42.0. The van der Waals surface area contributed by atoms with E-state index in [1.54, 1.807) is 0 Å². The lowest BCUT2D eigenvalue weighted by Gasteiger charge is -2.40. The predicted molar refractivity (Wildman–Crippen MR) is 300 cm³/mol. The molecule has 0 saturated carbocycles. The number of aliphatic hydroxyl groups is 5. The van der Waals surface area contributed by atoms with Crippen LogP contribution in [0.5, 0.6) is 0 Å². The van der Waals surface area contributed by atoms with Crippen LogP contribution in [0.2, 0.25) is 0 Å². The van der Waals surface area contributed by atoms with Gasteiger partial charge in [-0.05, 0) is 12.8 Å². The Hall–Kier alpha value is -0.810. The number of unbranched alkanes of at least 4 members (excludes halogenated alkanes) is 46. The van der Waals surface area contributed by atoms with Crippen molar-refractivity contribution in [3.63, 3.8) is 0 Å². The van der Waals surface area contributed by atoms with Crippen LogP contribution in [0.4, 0.5) is 0 Å². The third-order valence-electron chi connectivity index (χ3n) is 15.7. The van der Waals surface area contributed by atoms with E-state index in [0.717, 1.165) is 38.5 Å². The molecule has 1 amide bonds. The minimum Gasteiger partial charge on any atom is -0.394 e. The van der Waals surface area contributed by atoms with Gasteiger partial charge in [0.2, 0.25) is 5.91 Å². The molecule has 424 valence electrons. The molecule has 0 aromatic heterocycles. The molecule has 0 spiro atoms. The molecule has 1 aliphatic heterocycles. The first-order valence-corrected chi connectivity index (χ1v) is 31.7. The van der Waals surface area contributed by atoms with E-state index < -0.39 is 49.5 Å². The van der Waals surface area contributed by atoms with Crippen molar-refractivity contribution in [3.8, 4) is 0 Å². The summed E-state index contributed by atoms with van der Waals surface area (Å²) in [6.45, 7) is 3.89. The summed E-state index contributed by atoms with van der Waals surface area (Å²) in [7, 11) is 0. The van der Waals surface area contributed by atoms with E-state index in [-0.39, 0.29) is 12.5 Å². The van der Waals surface area contributed by atoms with Crippen LogP contribution >= 0.6 is 0 Å². The quantitative estimate of drug-likeness (QED) is 0.0330. The van der Waals surface area contributed by atoms with Crippen molar-refractivity contribution < 1.29 is 39.8 Å². The van der Waals surface area contributed by atoms with Gasteiger partial charge in [-0.1, -0.05) is 316 Å². The minimum absolute atomic E-state index is 0.131. The van der Waals surface area contributed by atoms with Crippen LogP contribution in [0, 0.1) is 0 Å². The van der Waals surface area contributed by atoms with Crippen LogP contribution in [0.1, 0.15) is 335 Å². The number of rotatable bonds is 56. The number of ether oxygens (including phenoxy) is 2. The Labute approximate surface area is 440 Å². The van der Waals surface area contributed by atoms with E-state index in [9.17, 15) is 30.3 Å². The Morgan fingerprint density at radius 3 is 1.00 bits per heavy atom. The van der Waals surface area contributed by atoms with Crippen molar-refractivity contribution in [1.29, 1.82) is 0 Å². The lowest BCUT2D eigenvalue weighted by atomic mass is 9.99. The third-order valence-corrected chi connectivity index (χ3v) is 15.7. The summed E-state index contributed by atoms with van der Waals surface area (Å²) in [5.41, 5.74) is 0. The van der Waals surface area contributed by atoms with Gasteiger partial charge in [0.05, 0.1) is 25.4 Å². The lowest BCUT2D eigenvalue weighted by Crippen LogP contribution is -2.60. The first-order valence-electron chi connectivity index (χ1n) is 31.7. The summed E-state index contributed by atoms with van der Waals surface area (Å²) in [4.78, 5) is 13.1. The van der Waals surface area contributed by atoms with E-state index in [1.165, 1.54) is 270 Å². The van der Waals surface area contributed by atoms with Crippen LogP contribution in [-0.4, -0.2) is 87.5 Å². The molecule has 9 heteroatoms. The summed E-state index contributed by atoms with van der Waals surface area (Å²) in [6, 6.07) is -0.713. The van der Waals surface area contributed by atoms with Crippen LogP contribution in [0.25, 0.3) is 0 Å². The monoisotopic (exact) mass is 1010 g/mol. The van der Waals surface area contributed by atoms with Gasteiger partial charge in [0.15, 0.2) is 6.29 Å². The number of hydrogen-bond acceptors (Lipinski definition) is 8. The second-order valence-electron chi connectivity index (χ2n) is 22.6. The molecule has 9 nitrogen and oxygen atoms in total. The van der Waals surface area contributed by atoms with Crippen LogP contribution in [0.15, 0.2) is 0 Å². The van der Waals surface area contributed by atoms with Gasteiger partial charge in [-0.15, -0.1) is 0 Å². The standard InChI is InChI=1S/C62H123NO8/c1-3-5-7-9-11-13-15-17-19-20-21-22-23-24-25-26-27-28-29-30-31-32-33-34-35-36-38-40-42-44-46-48-50-52-58(66)63-55(54-70-62-61(69)60(68)59(67)57(53-64)71-62)56(65)51-49-47-45-43-41-39-37-18-16-14-12-10-8-6-4-2/h55-57,59-62,64-65,67-69H,3-54H2,1-2H3,(H,63,66). The molecular formula is C62H123NO8. The summed E-state index contributed by atoms with van der Waals surface area (Å²) < 4.78 is 11.3. The molecule has 1 saturated heterocycles. The molecule has 6 N–H and O–H groups in total. The molecule has 0 aliphatic carbocycles. The summed E-state index contributed by atoms with van der Waals surface area (Å²) in [5, 5.41) is 54.7. The van der Waals surface area contributed by atoms with E-state index in [1.807, 2.05) is 0 Å². The summed E-state index contributed by atoms with van der Waals surface area (Å²) >= 11 is 0. The summed E-state index contributed by atoms with van der Waals surface area (Å²) in [5.74, 6) is -0.135. The van der Waals surface area contributed by atoms with Gasteiger partial charge in [0.25, 0.3) is 0 Å². The normalized spacial score (nSPS) is 19.1. The van der Waals surface area contributed by atoms with Crippen LogP contribution in [-0.2, 0) is 14.3 Å². The Kier molecular flexibility index (Phi) is 50.6. The van der Waals surface area contributed by atoms with E-state index in [2.05, 4.69) is 19.2 Å². The van der Waals surface area contributed by atoms with Crippen molar-refractivity contribution in [2.75, 3.05) is 13.2 Å². The molecule has 0 bridgehead atoms. The molecular weight excluding hydrogens is 887 g/mol. The molecule has 0 aromatic rings. The van der Waals surface area contributed by atoms with Gasteiger partial charge in [-0.3, -0.25) is 4.79 Å². The highest BCUT2D eigenvalue weighted by Crippen LogP contribution is 2.24. The fraction of sp³-hybridized carbons (Fsp3) is 0.984. The molecule has 1 heterocycles. The van der Waals surface area contributed by atoms with Gasteiger partial charge >= 0.3 is 0 Å². The first-order chi connectivity index (χ1) is 34.8. The van der Waals surface area contributed by atoms with Gasteiger partial charge in [0.1, 0.15) is 24.4 Å². The zero-order chi connectivity index (χ0) is 51.5. The van der Waals surface area contributed by atoms with Crippen molar-refractivity contribution in [1.82, 2.24) is 5.32 Å². The van der Waals surface area contributed by atoms with E-state index in [0.29, 0.717) is 12.8 Å². The number of carbonyl (C=O) groups excluding carboxylic acids is 1. The first kappa shape index (κ1) is 68.2. The van der Waals surface area contributed by atoms with Crippen molar-refractivity contribution in [2.45, 2.75) is 378 Å². The van der Waals surface area contributed by atoms with Gasteiger partial charge < -0.3 is 40.3 Å². The maximum Gasteiger partial charge on any atom is 0.220 e. The maximum atomic E-state index is 13.1. The van der Waals surface area contributed by atoms with E-state index >= 15 is 0 Å². The second-order valence-corrected chi connectivity index (χ2v) is 22.6. The zero-order valence-corrected chi connectivity index (χ0v) is 47.3. The maximum absolute atomic E-state index is 13.1. The molecule has 1 aliphatic rings. The van der Waals surface area contributed by atoms with Gasteiger partial charge in [0, 0.05) is 6.42 Å². The SMILES string of the molecule is CCCCCCCCCCCCCCCCCCCCCCCCCCCCCCCCCCCC(=O)NC(COC1OC(CO)C(O)C(O)C1O)C(O)CCCCCCCCCCCCCCCCC. The average Bonchev–Trinajstić information content (AvgIpc) is 3.37. The van der Waals surface area contributed by atoms with Crippen molar-refractivity contribution >= 4 is 5.91 Å². The summed E-state index contributed by atoms with van der Waals surface area (Å²) in [6.07, 6.45) is 57.4. The Bertz CT molecular complexity index is 1080. The fourth-order valence-corrected chi connectivity index (χ4v) is 10.7. The smallest absolute Gasteiger partial charge is 0.220 e. The number of amides is 1. The molecule has 7 atom stereocenters. The van der Waals surface area contributed by atoms with Crippen molar-refractivity contribution in [2.24, 2.45) is 0 Å². The molecule has 1 rings (SSSR count). The highest BCUT2D eigenvalue weighted by molar-refractivity contribution is 5.76. The van der Waals surface area contributed by atoms with Crippen molar-refractivity contribution in [3.05, 3.63) is 0 Å². The average molecular weight is 1010 g/mol. The molecule has 0 radical (unpaired) electrons. The Balaban J connectivity index is 2.07. The van der Waals surface area contributed by atoms with Gasteiger partial charge in [-0.2, -0.15) is 0 Å². The number of hydrogen-bond donors (Lipinski definition) is 6. The second kappa shape index (κ2) is 52.6. The van der Waals surface area contributed by atoms with E-state index in [4.69, 9.17) is 9.47 Å². The Morgan fingerprint density at radius 1 is 0.423 bits per heavy atom. The lowest BCUT2D eigenvalue weighted by molar-refractivity contribution is -0.302. The van der Waals surface area contributed by atoms with Gasteiger partial charge in [-0.25, -0.2) is 0 Å². The molecule has 1 fully saturated rings. The highest BCUT2D eigenvalue weighted by atomic mass is 16.7. The number of aliphatic hydroxyl groups excluding tert-OH is 5. The molecule has 7 unspecified atom stereocenters. The number of carbonyl (C=O) groups is 1. The van der Waals surface area contributed by atoms with Crippen LogP contribution in [0.3, 0.4) is 0 Å². The highest BCUT2D eigenvalue weighted by Gasteiger charge is 2.44.